The predicted molar refractivity (Wildman–Crippen MR) is 75.8 cm³/mol. The van der Waals surface area contributed by atoms with Gasteiger partial charge in [-0.25, -0.2) is 0 Å². The summed E-state index contributed by atoms with van der Waals surface area (Å²) in [6.45, 7) is 1.72. The number of primary amides is 1. The van der Waals surface area contributed by atoms with E-state index < -0.39 is 5.91 Å². The molecule has 0 spiro atoms. The van der Waals surface area contributed by atoms with Gasteiger partial charge in [0.2, 0.25) is 5.91 Å². The molecule has 0 unspecified atom stereocenters. The number of aromatic hydroxyl groups is 1. The topological polar surface area (TPSA) is 92.4 Å². The number of hydrogen-bond acceptors (Lipinski definition) is 3. The number of carbonyl (C=O) groups is 2. The van der Waals surface area contributed by atoms with Crippen molar-refractivity contribution in [1.29, 1.82) is 0 Å². The molecule has 102 valence electrons. The molecule has 20 heavy (non-hydrogen) atoms. The Labute approximate surface area is 116 Å². The minimum absolute atomic E-state index is 0.146. The highest BCUT2D eigenvalue weighted by Gasteiger charge is 2.08. The molecule has 0 atom stereocenters. The van der Waals surface area contributed by atoms with Crippen molar-refractivity contribution in [3.05, 3.63) is 59.2 Å². The Morgan fingerprint density at radius 1 is 1.05 bits per heavy atom. The molecule has 2 amide bonds. The van der Waals surface area contributed by atoms with E-state index in [1.54, 1.807) is 37.3 Å². The molecule has 5 heteroatoms. The molecule has 0 aromatic heterocycles. The number of rotatable bonds is 3. The lowest BCUT2D eigenvalue weighted by molar-refractivity contribution is 0.0998. The van der Waals surface area contributed by atoms with E-state index in [9.17, 15) is 14.7 Å². The molecule has 0 saturated carbocycles. The number of amides is 2. The van der Waals surface area contributed by atoms with E-state index in [4.69, 9.17) is 5.73 Å². The maximum Gasteiger partial charge on any atom is 0.255 e. The van der Waals surface area contributed by atoms with E-state index in [0.29, 0.717) is 22.4 Å². The van der Waals surface area contributed by atoms with E-state index in [-0.39, 0.29) is 11.7 Å². The third kappa shape index (κ3) is 2.95. The van der Waals surface area contributed by atoms with Crippen molar-refractivity contribution < 1.29 is 14.7 Å². The number of nitrogens with one attached hydrogen (secondary N) is 1. The van der Waals surface area contributed by atoms with Gasteiger partial charge >= 0.3 is 0 Å². The van der Waals surface area contributed by atoms with Gasteiger partial charge in [-0.05, 0) is 55.0 Å². The Kier molecular flexibility index (Phi) is 3.70. The van der Waals surface area contributed by atoms with Crippen molar-refractivity contribution in [3.63, 3.8) is 0 Å². The predicted octanol–water partition coefficient (Wildman–Crippen LogP) is 2.05. The summed E-state index contributed by atoms with van der Waals surface area (Å²) in [5.41, 5.74) is 7.15. The van der Waals surface area contributed by atoms with Gasteiger partial charge in [-0.2, -0.15) is 0 Å². The molecule has 0 aliphatic heterocycles. The van der Waals surface area contributed by atoms with Crippen LogP contribution in [-0.2, 0) is 0 Å². The molecule has 0 saturated heterocycles. The van der Waals surface area contributed by atoms with Crippen molar-refractivity contribution in [3.8, 4) is 5.75 Å². The van der Waals surface area contributed by atoms with Crippen LogP contribution in [0.15, 0.2) is 42.5 Å². The summed E-state index contributed by atoms with van der Waals surface area (Å²) >= 11 is 0. The Bertz CT molecular complexity index is 663. The first-order chi connectivity index (χ1) is 9.47. The lowest BCUT2D eigenvalue weighted by Gasteiger charge is -2.07. The smallest absolute Gasteiger partial charge is 0.255 e. The first-order valence-corrected chi connectivity index (χ1v) is 5.98. The second kappa shape index (κ2) is 5.44. The van der Waals surface area contributed by atoms with Crippen molar-refractivity contribution >= 4 is 17.5 Å². The maximum atomic E-state index is 12.0. The van der Waals surface area contributed by atoms with E-state index in [1.165, 1.54) is 12.1 Å². The van der Waals surface area contributed by atoms with Crippen LogP contribution in [0.2, 0.25) is 0 Å². The van der Waals surface area contributed by atoms with Gasteiger partial charge in [0.15, 0.2) is 0 Å². The number of aryl methyl sites for hydroxylation is 1. The number of phenolic OH excluding ortho intramolecular Hbond substituents is 1. The fourth-order valence-corrected chi connectivity index (χ4v) is 1.72. The minimum Gasteiger partial charge on any atom is -0.508 e. The highest BCUT2D eigenvalue weighted by Crippen LogP contribution is 2.18. The normalized spacial score (nSPS) is 10.1. The summed E-state index contributed by atoms with van der Waals surface area (Å²) in [5, 5.41) is 12.1. The summed E-state index contributed by atoms with van der Waals surface area (Å²) in [5.74, 6) is -0.663. The van der Waals surface area contributed by atoms with E-state index in [0.717, 1.165) is 0 Å². The molecular formula is C15H14N2O3. The standard InChI is InChI=1S/C15H14N2O3/c1-9-8-11(4-7-13(9)18)15(20)17-12-5-2-10(3-6-12)14(16)19/h2-8,18H,1H3,(H2,16,19)(H,17,20). The quantitative estimate of drug-likeness (QED) is 0.797. The van der Waals surface area contributed by atoms with Crippen molar-refractivity contribution in [2.24, 2.45) is 5.73 Å². The molecule has 2 aromatic rings. The zero-order valence-electron chi connectivity index (χ0n) is 10.9. The van der Waals surface area contributed by atoms with E-state index in [1.807, 2.05) is 0 Å². The average Bonchev–Trinajstić information content (AvgIpc) is 2.42. The molecule has 0 fully saturated rings. The maximum absolute atomic E-state index is 12.0. The Balaban J connectivity index is 2.14. The number of nitrogens with two attached hydrogens (primary N) is 1. The molecule has 2 aromatic carbocycles. The highest BCUT2D eigenvalue weighted by atomic mass is 16.3. The number of phenols is 1. The molecule has 0 bridgehead atoms. The van der Waals surface area contributed by atoms with Crippen LogP contribution in [-0.4, -0.2) is 16.9 Å². The van der Waals surface area contributed by atoms with Crippen LogP contribution < -0.4 is 11.1 Å². The van der Waals surface area contributed by atoms with Crippen LogP contribution in [0.4, 0.5) is 5.69 Å². The van der Waals surface area contributed by atoms with Crippen LogP contribution in [0.25, 0.3) is 0 Å². The molecule has 2 rings (SSSR count). The van der Waals surface area contributed by atoms with Gasteiger partial charge < -0.3 is 16.2 Å². The van der Waals surface area contributed by atoms with Crippen LogP contribution in [0, 0.1) is 6.92 Å². The van der Waals surface area contributed by atoms with Crippen LogP contribution in [0.5, 0.6) is 5.75 Å². The zero-order valence-corrected chi connectivity index (χ0v) is 10.9. The van der Waals surface area contributed by atoms with Crippen LogP contribution in [0.1, 0.15) is 26.3 Å². The average molecular weight is 270 g/mol. The number of hydrogen-bond donors (Lipinski definition) is 3. The van der Waals surface area contributed by atoms with Gasteiger partial charge in [-0.3, -0.25) is 9.59 Å². The molecular weight excluding hydrogens is 256 g/mol. The van der Waals surface area contributed by atoms with Crippen LogP contribution in [0.3, 0.4) is 0 Å². The first kappa shape index (κ1) is 13.6. The van der Waals surface area contributed by atoms with E-state index in [2.05, 4.69) is 5.32 Å². The van der Waals surface area contributed by atoms with Crippen molar-refractivity contribution in [1.82, 2.24) is 0 Å². The number of anilines is 1. The fraction of sp³-hybridized carbons (Fsp3) is 0.0667. The van der Waals surface area contributed by atoms with Gasteiger partial charge in [0.1, 0.15) is 5.75 Å². The monoisotopic (exact) mass is 270 g/mol. The Morgan fingerprint density at radius 2 is 1.65 bits per heavy atom. The number of benzene rings is 2. The zero-order chi connectivity index (χ0) is 14.7. The first-order valence-electron chi connectivity index (χ1n) is 5.98. The number of carbonyl (C=O) groups excluding carboxylic acids is 2. The Hall–Kier alpha value is -2.82. The molecule has 4 N–H and O–H groups in total. The molecule has 5 nitrogen and oxygen atoms in total. The van der Waals surface area contributed by atoms with Crippen LogP contribution >= 0.6 is 0 Å². The Morgan fingerprint density at radius 3 is 2.20 bits per heavy atom. The largest absolute Gasteiger partial charge is 0.508 e. The minimum atomic E-state index is -0.517. The van der Waals surface area contributed by atoms with Gasteiger partial charge in [-0.15, -0.1) is 0 Å². The molecule has 0 heterocycles. The third-order valence-electron chi connectivity index (χ3n) is 2.89. The lowest BCUT2D eigenvalue weighted by atomic mass is 10.1. The highest BCUT2D eigenvalue weighted by molar-refractivity contribution is 6.04. The summed E-state index contributed by atoms with van der Waals surface area (Å²) in [7, 11) is 0. The van der Waals surface area contributed by atoms with Crippen molar-refractivity contribution in [2.45, 2.75) is 6.92 Å². The third-order valence-corrected chi connectivity index (χ3v) is 2.89. The van der Waals surface area contributed by atoms with Gasteiger partial charge in [0, 0.05) is 16.8 Å². The summed E-state index contributed by atoms with van der Waals surface area (Å²) in [6, 6.07) is 10.9. The fourth-order valence-electron chi connectivity index (χ4n) is 1.72. The molecule has 0 aliphatic rings. The summed E-state index contributed by atoms with van der Waals surface area (Å²) in [6.07, 6.45) is 0. The summed E-state index contributed by atoms with van der Waals surface area (Å²) < 4.78 is 0. The van der Waals surface area contributed by atoms with E-state index >= 15 is 0 Å². The second-order valence-corrected chi connectivity index (χ2v) is 4.40. The van der Waals surface area contributed by atoms with Gasteiger partial charge in [0.05, 0.1) is 0 Å². The SMILES string of the molecule is Cc1cc(C(=O)Nc2ccc(C(N)=O)cc2)ccc1O. The van der Waals surface area contributed by atoms with Crippen molar-refractivity contribution in [2.75, 3.05) is 5.32 Å². The second-order valence-electron chi connectivity index (χ2n) is 4.40. The van der Waals surface area contributed by atoms with Gasteiger partial charge in [0.25, 0.3) is 5.91 Å². The summed E-state index contributed by atoms with van der Waals surface area (Å²) in [4.78, 5) is 22.9. The lowest BCUT2D eigenvalue weighted by Crippen LogP contribution is -2.13. The molecule has 0 radical (unpaired) electrons. The molecule has 0 aliphatic carbocycles. The van der Waals surface area contributed by atoms with Gasteiger partial charge in [-0.1, -0.05) is 0 Å².